The second kappa shape index (κ2) is 8.28. The summed E-state index contributed by atoms with van der Waals surface area (Å²) < 4.78 is 1.66. The van der Waals surface area contributed by atoms with E-state index in [0.29, 0.717) is 23.1 Å². The molecule has 0 aromatic carbocycles. The number of amides is 1. The first-order valence-corrected chi connectivity index (χ1v) is 11.6. The smallest absolute Gasteiger partial charge is 0.263 e. The normalized spacial score (nSPS) is 13.8. The third-order valence-electron chi connectivity index (χ3n) is 5.27. The summed E-state index contributed by atoms with van der Waals surface area (Å²) in [6, 6.07) is 6.05. The van der Waals surface area contributed by atoms with Gasteiger partial charge in [0.15, 0.2) is 5.16 Å². The minimum Gasteiger partial charge on any atom is -0.339 e. The Morgan fingerprint density at radius 3 is 2.79 bits per heavy atom. The van der Waals surface area contributed by atoms with Crippen molar-refractivity contribution in [2.45, 2.75) is 51.4 Å². The number of nitrogens with zero attached hydrogens (tertiary/aromatic N) is 4. The molecule has 0 N–H and O–H groups in total. The minimum atomic E-state index is -0.0630. The molecule has 8 heteroatoms. The van der Waals surface area contributed by atoms with Crippen molar-refractivity contribution in [1.82, 2.24) is 19.4 Å². The fourth-order valence-corrected chi connectivity index (χ4v) is 5.40. The third kappa shape index (κ3) is 4.09. The van der Waals surface area contributed by atoms with Gasteiger partial charge in [0.05, 0.1) is 23.4 Å². The quantitative estimate of drug-likeness (QED) is 0.425. The van der Waals surface area contributed by atoms with Gasteiger partial charge in [0.25, 0.3) is 5.56 Å². The lowest BCUT2D eigenvalue weighted by atomic mass is 10.2. The molecule has 3 aromatic rings. The average Bonchev–Trinajstić information content (AvgIpc) is 3.50. The van der Waals surface area contributed by atoms with Crippen molar-refractivity contribution >= 4 is 39.2 Å². The third-order valence-corrected chi connectivity index (χ3v) is 7.34. The Kier molecular flexibility index (Phi) is 5.74. The van der Waals surface area contributed by atoms with Crippen LogP contribution in [0, 0.1) is 13.8 Å². The number of aromatic nitrogens is 3. The van der Waals surface area contributed by atoms with Crippen LogP contribution in [0.5, 0.6) is 0 Å². The number of thiophene rings is 1. The molecule has 3 aromatic heterocycles. The maximum atomic E-state index is 13.3. The van der Waals surface area contributed by atoms with Crippen molar-refractivity contribution < 1.29 is 4.79 Å². The molecule has 1 aliphatic carbocycles. The molecular formula is C21H24N4O2S2. The zero-order valence-electron chi connectivity index (χ0n) is 16.8. The van der Waals surface area contributed by atoms with E-state index in [1.807, 2.05) is 43.9 Å². The summed E-state index contributed by atoms with van der Waals surface area (Å²) in [5.74, 6) is 0.394. The van der Waals surface area contributed by atoms with Crippen LogP contribution >= 0.6 is 23.1 Å². The molecule has 1 aliphatic rings. The molecule has 29 heavy (non-hydrogen) atoms. The Balaban J connectivity index is 1.70. The molecule has 0 atom stereocenters. The lowest BCUT2D eigenvalue weighted by Crippen LogP contribution is -2.34. The molecule has 1 amide bonds. The number of rotatable bonds is 7. The van der Waals surface area contributed by atoms with Crippen molar-refractivity contribution in [3.05, 3.63) is 50.9 Å². The second-order valence-corrected chi connectivity index (χ2v) is 9.42. The van der Waals surface area contributed by atoms with Crippen LogP contribution in [0.25, 0.3) is 10.2 Å². The predicted molar refractivity (Wildman–Crippen MR) is 118 cm³/mol. The molecule has 4 rings (SSSR count). The van der Waals surface area contributed by atoms with Gasteiger partial charge in [-0.25, -0.2) is 4.98 Å². The number of hydrogen-bond acceptors (Lipinski definition) is 6. The van der Waals surface area contributed by atoms with Crippen LogP contribution < -0.4 is 5.56 Å². The van der Waals surface area contributed by atoms with Crippen LogP contribution in [0.15, 0.2) is 34.3 Å². The highest BCUT2D eigenvalue weighted by atomic mass is 32.2. The Morgan fingerprint density at radius 1 is 1.34 bits per heavy atom. The van der Waals surface area contributed by atoms with E-state index in [1.165, 1.54) is 23.1 Å². The standard InChI is InChI=1S/C21H24N4O2S2/c1-4-24(16-8-9-16)17(26)12-28-21-23-19-18(13(2)14(3)29-19)20(27)25(21)11-15-7-5-6-10-22-15/h5-7,10,16H,4,8-9,11-12H2,1-3H3. The minimum absolute atomic E-state index is 0.0630. The molecule has 0 radical (unpaired) electrons. The fraction of sp³-hybridized carbons (Fsp3) is 0.429. The summed E-state index contributed by atoms with van der Waals surface area (Å²) in [6.07, 6.45) is 3.90. The van der Waals surface area contributed by atoms with E-state index in [1.54, 1.807) is 10.8 Å². The van der Waals surface area contributed by atoms with Gasteiger partial charge in [-0.05, 0) is 51.3 Å². The molecule has 1 saturated carbocycles. The summed E-state index contributed by atoms with van der Waals surface area (Å²) in [5, 5.41) is 1.25. The summed E-state index contributed by atoms with van der Waals surface area (Å²) >= 11 is 2.88. The van der Waals surface area contributed by atoms with Crippen LogP contribution in [0.3, 0.4) is 0 Å². The largest absolute Gasteiger partial charge is 0.339 e. The summed E-state index contributed by atoms with van der Waals surface area (Å²) in [4.78, 5) is 38.9. The van der Waals surface area contributed by atoms with E-state index in [4.69, 9.17) is 4.98 Å². The Bertz CT molecular complexity index is 1100. The number of carbonyl (C=O) groups is 1. The zero-order valence-corrected chi connectivity index (χ0v) is 18.5. The van der Waals surface area contributed by atoms with E-state index in [2.05, 4.69) is 4.98 Å². The SMILES string of the molecule is CCN(C(=O)CSc1nc2sc(C)c(C)c2c(=O)n1Cc1ccccn1)C1CC1. The molecule has 0 aliphatic heterocycles. The van der Waals surface area contributed by atoms with Crippen LogP contribution in [0.1, 0.15) is 35.9 Å². The molecule has 152 valence electrons. The van der Waals surface area contributed by atoms with E-state index < -0.39 is 0 Å². The molecule has 0 bridgehead atoms. The Morgan fingerprint density at radius 2 is 2.14 bits per heavy atom. The summed E-state index contributed by atoms with van der Waals surface area (Å²) in [7, 11) is 0. The van der Waals surface area contributed by atoms with Crippen LogP contribution in [0.2, 0.25) is 0 Å². The highest BCUT2D eigenvalue weighted by Crippen LogP contribution is 2.30. The van der Waals surface area contributed by atoms with Gasteiger partial charge >= 0.3 is 0 Å². The van der Waals surface area contributed by atoms with Crippen molar-refractivity contribution in [3.8, 4) is 0 Å². The summed E-state index contributed by atoms with van der Waals surface area (Å²) in [6.45, 7) is 7.05. The van der Waals surface area contributed by atoms with Gasteiger partial charge < -0.3 is 4.90 Å². The van der Waals surface area contributed by atoms with Crippen molar-refractivity contribution in [1.29, 1.82) is 0 Å². The van der Waals surface area contributed by atoms with Gasteiger partial charge in [0.1, 0.15) is 4.83 Å². The molecule has 3 heterocycles. The monoisotopic (exact) mass is 428 g/mol. The van der Waals surface area contributed by atoms with Crippen molar-refractivity contribution in [2.24, 2.45) is 0 Å². The first-order valence-electron chi connectivity index (χ1n) is 9.82. The molecule has 0 spiro atoms. The van der Waals surface area contributed by atoms with Crippen LogP contribution in [0.4, 0.5) is 0 Å². The van der Waals surface area contributed by atoms with E-state index in [9.17, 15) is 9.59 Å². The highest BCUT2D eigenvalue weighted by Gasteiger charge is 2.31. The molecule has 6 nitrogen and oxygen atoms in total. The lowest BCUT2D eigenvalue weighted by molar-refractivity contribution is -0.128. The van der Waals surface area contributed by atoms with Gasteiger partial charge in [0.2, 0.25) is 5.91 Å². The number of carbonyl (C=O) groups excluding carboxylic acids is 1. The number of fused-ring (bicyclic) bond motifs is 1. The van der Waals surface area contributed by atoms with Crippen molar-refractivity contribution in [3.63, 3.8) is 0 Å². The first kappa shape index (κ1) is 20.1. The van der Waals surface area contributed by atoms with Gasteiger partial charge in [-0.1, -0.05) is 17.8 Å². The fourth-order valence-electron chi connectivity index (χ4n) is 3.45. The maximum Gasteiger partial charge on any atom is 0.263 e. The topological polar surface area (TPSA) is 68.1 Å². The molecule has 0 unspecified atom stereocenters. The van der Waals surface area contributed by atoms with Crippen molar-refractivity contribution in [2.75, 3.05) is 12.3 Å². The molecule has 1 fully saturated rings. The number of pyridine rings is 1. The highest BCUT2D eigenvalue weighted by molar-refractivity contribution is 7.99. The number of hydrogen-bond donors (Lipinski definition) is 0. The molecular weight excluding hydrogens is 404 g/mol. The lowest BCUT2D eigenvalue weighted by Gasteiger charge is -2.20. The van der Waals surface area contributed by atoms with Crippen LogP contribution in [-0.4, -0.2) is 43.7 Å². The second-order valence-electron chi connectivity index (χ2n) is 7.27. The van der Waals surface area contributed by atoms with Gasteiger partial charge in [0, 0.05) is 23.7 Å². The van der Waals surface area contributed by atoms with Gasteiger partial charge in [-0.15, -0.1) is 11.3 Å². The first-order chi connectivity index (χ1) is 14.0. The maximum absolute atomic E-state index is 13.3. The zero-order chi connectivity index (χ0) is 20.5. The predicted octanol–water partition coefficient (Wildman–Crippen LogP) is 3.62. The number of aryl methyl sites for hydroxylation is 2. The molecule has 0 saturated heterocycles. The Labute approximate surface area is 178 Å². The van der Waals surface area contributed by atoms with Gasteiger partial charge in [-0.3, -0.25) is 19.1 Å². The number of thioether (sulfide) groups is 1. The Hall–Kier alpha value is -2.19. The average molecular weight is 429 g/mol. The van der Waals surface area contributed by atoms with Gasteiger partial charge in [-0.2, -0.15) is 0 Å². The van der Waals surface area contributed by atoms with E-state index in [0.717, 1.165) is 40.4 Å². The van der Waals surface area contributed by atoms with E-state index in [-0.39, 0.29) is 17.2 Å². The van der Waals surface area contributed by atoms with Crippen LogP contribution in [-0.2, 0) is 11.3 Å². The van der Waals surface area contributed by atoms with E-state index >= 15 is 0 Å². The summed E-state index contributed by atoms with van der Waals surface area (Å²) in [5.41, 5.74) is 1.71.